The first-order chi connectivity index (χ1) is 17.8. The van der Waals surface area contributed by atoms with Crippen molar-refractivity contribution in [1.29, 1.82) is 0 Å². The highest BCUT2D eigenvalue weighted by molar-refractivity contribution is 7.93. The average Bonchev–Trinajstić information content (AvgIpc) is 3.27. The van der Waals surface area contributed by atoms with Crippen molar-refractivity contribution in [3.8, 4) is 0 Å². The maximum absolute atomic E-state index is 13.6. The number of carbonyl (C=O) groups is 1. The van der Waals surface area contributed by atoms with E-state index in [1.807, 2.05) is 25.1 Å². The van der Waals surface area contributed by atoms with Gasteiger partial charge in [0.15, 0.2) is 0 Å². The summed E-state index contributed by atoms with van der Waals surface area (Å²) in [4.78, 5) is 15.1. The molecule has 1 aliphatic heterocycles. The van der Waals surface area contributed by atoms with Gasteiger partial charge in [0.25, 0.3) is 10.0 Å². The van der Waals surface area contributed by atoms with Gasteiger partial charge in [-0.15, -0.1) is 0 Å². The Morgan fingerprint density at radius 2 is 1.81 bits per heavy atom. The molecule has 0 unspecified atom stereocenters. The molecule has 2 heterocycles. The number of furan rings is 1. The number of carbonyl (C=O) groups excluding carboxylic acids is 1. The molecule has 3 aromatic carbocycles. The van der Waals surface area contributed by atoms with Crippen LogP contribution in [0.4, 0.5) is 17.1 Å². The summed E-state index contributed by atoms with van der Waals surface area (Å²) in [6.45, 7) is 3.52. The van der Waals surface area contributed by atoms with E-state index >= 15 is 0 Å². The Morgan fingerprint density at radius 1 is 1.03 bits per heavy atom. The number of aryl methyl sites for hydroxylation is 1. The second-order valence-electron chi connectivity index (χ2n) is 9.30. The van der Waals surface area contributed by atoms with Crippen LogP contribution in [0, 0.1) is 6.92 Å². The number of amides is 1. The van der Waals surface area contributed by atoms with Gasteiger partial charge in [0.05, 0.1) is 29.1 Å². The second-order valence-corrected chi connectivity index (χ2v) is 11.4. The Kier molecular flexibility index (Phi) is 7.13. The van der Waals surface area contributed by atoms with E-state index in [1.54, 1.807) is 42.7 Å². The monoisotopic (exact) mass is 537 g/mol. The Balaban J connectivity index is 1.43. The number of benzene rings is 3. The van der Waals surface area contributed by atoms with Gasteiger partial charge < -0.3 is 14.6 Å². The molecule has 0 radical (unpaired) electrons. The highest BCUT2D eigenvalue weighted by Crippen LogP contribution is 2.33. The van der Waals surface area contributed by atoms with Gasteiger partial charge in [0.2, 0.25) is 5.91 Å². The summed E-state index contributed by atoms with van der Waals surface area (Å²) in [6.07, 6.45) is 4.80. The number of fused-ring (bicyclic) bond motifs is 1. The van der Waals surface area contributed by atoms with Gasteiger partial charge in [-0.2, -0.15) is 0 Å². The summed E-state index contributed by atoms with van der Waals surface area (Å²) in [7, 11) is -4.00. The maximum Gasteiger partial charge on any atom is 0.264 e. The zero-order chi connectivity index (χ0) is 26.0. The van der Waals surface area contributed by atoms with Crippen LogP contribution in [-0.2, 0) is 21.2 Å². The Labute approximate surface area is 221 Å². The van der Waals surface area contributed by atoms with Gasteiger partial charge >= 0.3 is 0 Å². The minimum absolute atomic E-state index is 0.0938. The van der Waals surface area contributed by atoms with E-state index in [1.165, 1.54) is 6.07 Å². The average molecular weight is 538 g/mol. The van der Waals surface area contributed by atoms with Crippen LogP contribution in [0.25, 0.3) is 11.0 Å². The number of halogens is 1. The summed E-state index contributed by atoms with van der Waals surface area (Å²) in [5.74, 6) is -0.267. The standard InChI is InChI=1S/C28H28ClN3O4S/c1-19-9-11-22-20(18-36-26(22)15-19)16-28(33)30-21-10-12-25(32-13-5-2-6-14-32)27(17-21)37(34,35)31-24-8-4-3-7-23(24)29/h3-4,7-12,15,17-18,31H,2,5-6,13-14,16H2,1H3,(H,30,33). The van der Waals surface area contributed by atoms with Crippen molar-refractivity contribution < 1.29 is 17.6 Å². The van der Waals surface area contributed by atoms with Gasteiger partial charge in [-0.1, -0.05) is 35.9 Å². The van der Waals surface area contributed by atoms with Gasteiger partial charge in [-0.05, 0) is 68.1 Å². The van der Waals surface area contributed by atoms with Gasteiger partial charge in [0, 0.05) is 29.7 Å². The first-order valence-electron chi connectivity index (χ1n) is 12.2. The molecule has 5 rings (SSSR count). The lowest BCUT2D eigenvalue weighted by Crippen LogP contribution is -2.31. The molecule has 1 amide bonds. The van der Waals surface area contributed by atoms with Crippen molar-refractivity contribution in [2.75, 3.05) is 28.0 Å². The SMILES string of the molecule is Cc1ccc2c(CC(=O)Nc3ccc(N4CCCCC4)c(S(=O)(=O)Nc4ccccc4Cl)c3)coc2c1. The van der Waals surface area contributed by atoms with Gasteiger partial charge in [-0.3, -0.25) is 9.52 Å². The molecule has 1 aliphatic rings. The third-order valence-electron chi connectivity index (χ3n) is 6.51. The molecule has 0 aliphatic carbocycles. The van der Waals surface area contributed by atoms with E-state index in [4.69, 9.17) is 16.0 Å². The van der Waals surface area contributed by atoms with Crippen molar-refractivity contribution in [2.45, 2.75) is 37.5 Å². The Morgan fingerprint density at radius 3 is 2.59 bits per heavy atom. The number of piperidine rings is 1. The molecule has 0 spiro atoms. The van der Waals surface area contributed by atoms with Gasteiger partial charge in [-0.25, -0.2) is 8.42 Å². The molecule has 0 atom stereocenters. The lowest BCUT2D eigenvalue weighted by molar-refractivity contribution is -0.115. The zero-order valence-electron chi connectivity index (χ0n) is 20.5. The van der Waals surface area contributed by atoms with Crippen molar-refractivity contribution in [1.82, 2.24) is 0 Å². The molecular weight excluding hydrogens is 510 g/mol. The van der Waals surface area contributed by atoms with E-state index in [0.717, 1.165) is 54.4 Å². The number of nitrogens with zero attached hydrogens (tertiary/aromatic N) is 1. The van der Waals surface area contributed by atoms with E-state index < -0.39 is 10.0 Å². The summed E-state index contributed by atoms with van der Waals surface area (Å²) in [5.41, 5.74) is 3.87. The molecular formula is C28H28ClN3O4S. The third-order valence-corrected chi connectivity index (χ3v) is 8.23. The number of rotatable bonds is 7. The largest absolute Gasteiger partial charge is 0.464 e. The fourth-order valence-corrected chi connectivity index (χ4v) is 6.22. The van der Waals surface area contributed by atoms with Crippen molar-refractivity contribution >= 4 is 55.6 Å². The summed E-state index contributed by atoms with van der Waals surface area (Å²) >= 11 is 6.22. The zero-order valence-corrected chi connectivity index (χ0v) is 22.0. The van der Waals surface area contributed by atoms with Crippen LogP contribution in [0.3, 0.4) is 0 Å². The van der Waals surface area contributed by atoms with Crippen molar-refractivity contribution in [2.24, 2.45) is 0 Å². The predicted molar refractivity (Wildman–Crippen MR) is 148 cm³/mol. The number of anilines is 3. The summed E-state index contributed by atoms with van der Waals surface area (Å²) in [6, 6.07) is 17.6. The summed E-state index contributed by atoms with van der Waals surface area (Å²) < 4.78 is 35.4. The molecule has 1 aromatic heterocycles. The minimum atomic E-state index is -4.00. The normalized spacial score (nSPS) is 14.1. The number of sulfonamides is 1. The predicted octanol–water partition coefficient (Wildman–Crippen LogP) is 6.37. The second kappa shape index (κ2) is 10.5. The molecule has 1 fully saturated rings. The maximum atomic E-state index is 13.6. The van der Waals surface area contributed by atoms with Gasteiger partial charge in [0.1, 0.15) is 10.5 Å². The molecule has 2 N–H and O–H groups in total. The number of hydrogen-bond acceptors (Lipinski definition) is 5. The Hall–Kier alpha value is -3.49. The molecule has 7 nitrogen and oxygen atoms in total. The molecule has 0 bridgehead atoms. The van der Waals surface area contributed by atoms with Crippen molar-refractivity contribution in [3.05, 3.63) is 83.1 Å². The smallest absolute Gasteiger partial charge is 0.264 e. The Bertz CT molecular complexity index is 1560. The molecule has 192 valence electrons. The number of para-hydroxylation sites is 1. The van der Waals surface area contributed by atoms with Crippen molar-refractivity contribution in [3.63, 3.8) is 0 Å². The van der Waals surface area contributed by atoms with E-state index in [0.29, 0.717) is 22.1 Å². The fourth-order valence-electron chi connectivity index (χ4n) is 4.65. The molecule has 0 saturated carbocycles. The number of nitrogens with one attached hydrogen (secondary N) is 2. The van der Waals surface area contributed by atoms with Crippen LogP contribution in [0.5, 0.6) is 0 Å². The van der Waals surface area contributed by atoms with Crippen LogP contribution in [0.15, 0.2) is 76.2 Å². The highest BCUT2D eigenvalue weighted by atomic mass is 35.5. The first-order valence-corrected chi connectivity index (χ1v) is 14.1. The fraction of sp³-hybridized carbons (Fsp3) is 0.250. The van der Waals surface area contributed by atoms with E-state index in [9.17, 15) is 13.2 Å². The number of hydrogen-bond donors (Lipinski definition) is 2. The lowest BCUT2D eigenvalue weighted by atomic mass is 10.1. The van der Waals surface area contributed by atoms with Crippen LogP contribution < -0.4 is 14.9 Å². The van der Waals surface area contributed by atoms with E-state index in [2.05, 4.69) is 14.9 Å². The van der Waals surface area contributed by atoms with Crippen LogP contribution in [0.2, 0.25) is 5.02 Å². The molecule has 4 aromatic rings. The quantitative estimate of drug-likeness (QED) is 0.286. The van der Waals surface area contributed by atoms with Crippen LogP contribution >= 0.6 is 11.6 Å². The minimum Gasteiger partial charge on any atom is -0.464 e. The molecule has 1 saturated heterocycles. The summed E-state index contributed by atoms with van der Waals surface area (Å²) in [5, 5.41) is 4.04. The molecule has 9 heteroatoms. The van der Waals surface area contributed by atoms with E-state index in [-0.39, 0.29) is 17.2 Å². The lowest BCUT2D eigenvalue weighted by Gasteiger charge is -2.30. The topological polar surface area (TPSA) is 91.7 Å². The third kappa shape index (κ3) is 5.60. The van der Waals surface area contributed by atoms with Crippen LogP contribution in [-0.4, -0.2) is 27.4 Å². The molecule has 37 heavy (non-hydrogen) atoms. The first kappa shape index (κ1) is 25.2. The highest BCUT2D eigenvalue weighted by Gasteiger charge is 2.25. The van der Waals surface area contributed by atoms with Crippen LogP contribution in [0.1, 0.15) is 30.4 Å².